The molecular formula is C50H37N3O2. The van der Waals surface area contributed by atoms with Crippen molar-refractivity contribution in [1.82, 2.24) is 0 Å². The van der Waals surface area contributed by atoms with E-state index in [0.29, 0.717) is 30.4 Å². The predicted octanol–water partition coefficient (Wildman–Crippen LogP) is 12.4. The maximum absolute atomic E-state index is 6.64. The molecule has 2 heterocycles. The normalized spacial score (nSPS) is 12.4. The average molecular weight is 712 g/mol. The van der Waals surface area contributed by atoms with Crippen LogP contribution in [0, 0.1) is 0 Å². The summed E-state index contributed by atoms with van der Waals surface area (Å²) in [4.78, 5) is 9.95. The average Bonchev–Trinajstić information content (AvgIpc) is 3.80. The van der Waals surface area contributed by atoms with E-state index in [1.807, 2.05) is 72.8 Å². The van der Waals surface area contributed by atoms with Crippen LogP contribution in [0.25, 0.3) is 67.0 Å². The smallest absolute Gasteiger partial charge is 0.157 e. The Labute approximate surface area is 319 Å². The molecule has 9 rings (SSSR count). The van der Waals surface area contributed by atoms with Gasteiger partial charge in [-0.2, -0.15) is 0 Å². The molecule has 0 saturated carbocycles. The van der Waals surface area contributed by atoms with Gasteiger partial charge >= 0.3 is 0 Å². The third-order valence-corrected chi connectivity index (χ3v) is 10.1. The molecule has 9 aromatic rings. The van der Waals surface area contributed by atoms with Crippen LogP contribution in [0.4, 0.5) is 0 Å². The van der Waals surface area contributed by atoms with Crippen LogP contribution in [0.2, 0.25) is 0 Å². The minimum absolute atomic E-state index is 0.370. The number of allylic oxidation sites excluding steroid dienone is 1. The number of hydrogen-bond donors (Lipinski definition) is 1. The van der Waals surface area contributed by atoms with Crippen molar-refractivity contribution < 1.29 is 8.83 Å². The molecule has 5 nitrogen and oxygen atoms in total. The molecule has 0 bridgehead atoms. The van der Waals surface area contributed by atoms with E-state index in [1.54, 1.807) is 6.08 Å². The number of aliphatic imine (C=N–C) groups is 2. The molecule has 0 unspecified atom stereocenters. The molecule has 0 spiro atoms. The summed E-state index contributed by atoms with van der Waals surface area (Å²) in [6.07, 6.45) is 6.73. The molecule has 5 heteroatoms. The van der Waals surface area contributed by atoms with E-state index < -0.39 is 0 Å². The van der Waals surface area contributed by atoms with Crippen molar-refractivity contribution in [2.45, 2.75) is 13.0 Å². The molecular weight excluding hydrogens is 675 g/mol. The number of fused-ring (bicyclic) bond motifs is 5. The third-order valence-electron chi connectivity index (χ3n) is 10.1. The molecule has 2 N–H and O–H groups in total. The maximum atomic E-state index is 6.64. The fourth-order valence-electron chi connectivity index (χ4n) is 7.30. The lowest BCUT2D eigenvalue weighted by Crippen LogP contribution is -2.16. The summed E-state index contributed by atoms with van der Waals surface area (Å²) in [5, 5.41) is 5.61. The van der Waals surface area contributed by atoms with Gasteiger partial charge in [0, 0.05) is 32.8 Å². The topological polar surface area (TPSA) is 77.0 Å². The highest BCUT2D eigenvalue weighted by molar-refractivity contribution is 6.12. The van der Waals surface area contributed by atoms with Crippen molar-refractivity contribution in [1.29, 1.82) is 0 Å². The Morgan fingerprint density at radius 3 is 2.09 bits per heavy atom. The molecule has 0 fully saturated rings. The zero-order chi connectivity index (χ0) is 37.1. The van der Waals surface area contributed by atoms with Crippen LogP contribution in [0.3, 0.4) is 0 Å². The highest BCUT2D eigenvalue weighted by atomic mass is 16.3. The zero-order valence-corrected chi connectivity index (χ0v) is 30.2. The Morgan fingerprint density at radius 2 is 1.31 bits per heavy atom. The molecule has 0 amide bonds. The summed E-state index contributed by atoms with van der Waals surface area (Å²) in [6.45, 7) is 4.44. The first-order valence-electron chi connectivity index (χ1n) is 18.4. The fourth-order valence-corrected chi connectivity index (χ4v) is 7.30. The molecule has 0 aliphatic carbocycles. The summed E-state index contributed by atoms with van der Waals surface area (Å²) in [6, 6.07) is 53.5. The van der Waals surface area contributed by atoms with Gasteiger partial charge in [-0.3, -0.25) is 4.99 Å². The van der Waals surface area contributed by atoms with Gasteiger partial charge < -0.3 is 14.6 Å². The molecule has 0 atom stereocenters. The molecule has 0 saturated heterocycles. The number of amidine groups is 2. The largest absolute Gasteiger partial charge is 0.456 e. The van der Waals surface area contributed by atoms with E-state index in [4.69, 9.17) is 24.6 Å². The number of nitrogens with zero attached hydrogens (tertiary/aromatic N) is 2. The summed E-state index contributed by atoms with van der Waals surface area (Å²) < 4.78 is 12.8. The van der Waals surface area contributed by atoms with Gasteiger partial charge in [0.05, 0.1) is 6.54 Å². The molecule has 0 aliphatic heterocycles. The van der Waals surface area contributed by atoms with Crippen molar-refractivity contribution in [2.24, 2.45) is 15.7 Å². The predicted molar refractivity (Wildman–Crippen MR) is 230 cm³/mol. The van der Waals surface area contributed by atoms with Gasteiger partial charge in [-0.15, -0.1) is 0 Å². The van der Waals surface area contributed by atoms with Gasteiger partial charge in [0.25, 0.3) is 0 Å². The van der Waals surface area contributed by atoms with Crippen molar-refractivity contribution in [2.75, 3.05) is 0 Å². The highest BCUT2D eigenvalue weighted by Gasteiger charge is 2.16. The van der Waals surface area contributed by atoms with Crippen molar-refractivity contribution in [3.8, 4) is 11.1 Å². The van der Waals surface area contributed by atoms with E-state index in [-0.39, 0.29) is 0 Å². The van der Waals surface area contributed by atoms with Gasteiger partial charge in [0.15, 0.2) is 5.84 Å². The van der Waals surface area contributed by atoms with E-state index in [1.165, 1.54) is 10.8 Å². The minimum atomic E-state index is 0.370. The van der Waals surface area contributed by atoms with Gasteiger partial charge in [0.2, 0.25) is 0 Å². The Balaban J connectivity index is 1.04. The van der Waals surface area contributed by atoms with Crippen molar-refractivity contribution in [3.05, 3.63) is 204 Å². The van der Waals surface area contributed by atoms with Gasteiger partial charge in [-0.1, -0.05) is 158 Å². The lowest BCUT2D eigenvalue weighted by Gasteiger charge is -2.08. The fraction of sp³-hybridized carbons (Fsp3) is 0.0400. The zero-order valence-electron chi connectivity index (χ0n) is 30.2. The quantitative estimate of drug-likeness (QED) is 0.120. The first-order valence-corrected chi connectivity index (χ1v) is 18.4. The van der Waals surface area contributed by atoms with E-state index in [2.05, 4.69) is 104 Å². The Kier molecular flexibility index (Phi) is 8.94. The third kappa shape index (κ3) is 6.64. The van der Waals surface area contributed by atoms with Crippen LogP contribution >= 0.6 is 0 Å². The number of para-hydroxylation sites is 1. The maximum Gasteiger partial charge on any atom is 0.157 e. The molecule has 0 radical (unpaired) electrons. The van der Waals surface area contributed by atoms with Crippen LogP contribution < -0.4 is 5.73 Å². The Bertz CT molecular complexity index is 2930. The van der Waals surface area contributed by atoms with Crippen molar-refractivity contribution >= 4 is 67.5 Å². The minimum Gasteiger partial charge on any atom is -0.456 e. The van der Waals surface area contributed by atoms with Gasteiger partial charge in [0.1, 0.15) is 28.3 Å². The highest BCUT2D eigenvalue weighted by Crippen LogP contribution is 2.35. The number of nitrogens with two attached hydrogens (primary N) is 1. The summed E-state index contributed by atoms with van der Waals surface area (Å²) >= 11 is 0. The number of hydrogen-bond acceptors (Lipinski definition) is 3. The van der Waals surface area contributed by atoms with E-state index in [0.717, 1.165) is 71.9 Å². The van der Waals surface area contributed by atoms with Crippen LogP contribution in [-0.4, -0.2) is 11.7 Å². The summed E-state index contributed by atoms with van der Waals surface area (Å²) in [7, 11) is 0. The summed E-state index contributed by atoms with van der Waals surface area (Å²) in [5.74, 6) is 1.66. The number of furan rings is 2. The standard InChI is InChI=1S/C50H37N3O2/c1-2-44-42(24-12-21-35-20-11-23-41-43-30-38-18-9-10-19-39(38)31-46(43)55-48(35)41)47-40(22-13-25-45(47)54-44)32-52-50(37-16-7-4-8-17-37)53-49(51)36-28-26-34(27-29-36)33-14-5-3-6-15-33/h2-20,22-31H,1,21,32H2,(H2,51,52,53)/b24-12-. The molecule has 2 aromatic heterocycles. The molecule has 264 valence electrons. The first kappa shape index (κ1) is 33.6. The number of rotatable bonds is 9. The van der Waals surface area contributed by atoms with Crippen LogP contribution in [0.1, 0.15) is 33.6 Å². The first-order chi connectivity index (χ1) is 27.1. The second kappa shape index (κ2) is 14.6. The van der Waals surface area contributed by atoms with E-state index >= 15 is 0 Å². The second-order valence-corrected chi connectivity index (χ2v) is 13.5. The lowest BCUT2D eigenvalue weighted by atomic mass is 10.0. The van der Waals surface area contributed by atoms with E-state index in [9.17, 15) is 0 Å². The number of benzene rings is 7. The molecule has 7 aromatic carbocycles. The SMILES string of the molecule is C=Cc1oc2cccc(C/N=C(\N=C(/N)c3ccc(-c4ccccc4)cc3)c3ccccc3)c2c1/C=C\Cc1cccc2c1oc1cc3ccccc3cc12. The Morgan fingerprint density at radius 1 is 0.618 bits per heavy atom. The molecule has 0 aliphatic rings. The monoisotopic (exact) mass is 711 g/mol. The lowest BCUT2D eigenvalue weighted by molar-refractivity contribution is 0.603. The van der Waals surface area contributed by atoms with Gasteiger partial charge in [-0.25, -0.2) is 4.99 Å². The van der Waals surface area contributed by atoms with Crippen LogP contribution in [0.15, 0.2) is 189 Å². The second-order valence-electron chi connectivity index (χ2n) is 13.5. The van der Waals surface area contributed by atoms with Crippen LogP contribution in [-0.2, 0) is 13.0 Å². The Hall–Kier alpha value is -7.24. The molecule has 55 heavy (non-hydrogen) atoms. The summed E-state index contributed by atoms with van der Waals surface area (Å²) in [5.41, 5.74) is 16.3. The van der Waals surface area contributed by atoms with Gasteiger partial charge in [-0.05, 0) is 63.7 Å². The van der Waals surface area contributed by atoms with Crippen LogP contribution in [0.5, 0.6) is 0 Å². The van der Waals surface area contributed by atoms with Crippen molar-refractivity contribution in [3.63, 3.8) is 0 Å².